The summed E-state index contributed by atoms with van der Waals surface area (Å²) in [4.78, 5) is 0. The van der Waals surface area contributed by atoms with Crippen LogP contribution >= 0.6 is 0 Å². The zero-order valence-corrected chi connectivity index (χ0v) is 26.3. The summed E-state index contributed by atoms with van der Waals surface area (Å²) < 4.78 is 34.3. The van der Waals surface area contributed by atoms with Gasteiger partial charge in [-0.2, -0.15) is 0 Å². The van der Waals surface area contributed by atoms with Crippen molar-refractivity contribution in [2.75, 3.05) is 66.1 Å². The molecule has 0 aromatic heterocycles. The molecule has 1 aliphatic heterocycles. The third-order valence-electron chi connectivity index (χ3n) is 7.29. The SMILES string of the molecule is CCCCCCCC/C=C\CCCCCCCC(O)OCCOCC(OCCO)C1OCC(OCCO)C1OCCO. The first-order chi connectivity index (χ1) is 20.7. The van der Waals surface area contributed by atoms with Crippen molar-refractivity contribution in [1.29, 1.82) is 0 Å². The standard InChI is InChI=1S/C32H62O10/c1-2-3-4-5-6-7-8-9-10-11-12-13-14-15-16-17-30(36)40-25-24-37-26-28(38-21-18-33)32-31(41-23-20-35)29(27-42-32)39-22-19-34/h9-10,28-36H,2-8,11-27H2,1H3/b10-9-. The quantitative estimate of drug-likeness (QED) is 0.0522. The molecule has 0 aromatic carbocycles. The van der Waals surface area contributed by atoms with Crippen molar-refractivity contribution in [2.24, 2.45) is 0 Å². The first kappa shape index (κ1) is 39.4. The highest BCUT2D eigenvalue weighted by Gasteiger charge is 2.44. The molecule has 1 aliphatic rings. The average molecular weight is 607 g/mol. The lowest BCUT2D eigenvalue weighted by molar-refractivity contribution is -0.145. The number of aliphatic hydroxyl groups excluding tert-OH is 4. The van der Waals surface area contributed by atoms with Gasteiger partial charge < -0.3 is 48.8 Å². The normalized spacial score (nSPS) is 20.5. The third kappa shape index (κ3) is 20.3. The van der Waals surface area contributed by atoms with Crippen molar-refractivity contribution in [2.45, 2.75) is 128 Å². The number of allylic oxidation sites excluding steroid dienone is 2. The Morgan fingerprint density at radius 3 is 2.00 bits per heavy atom. The molecule has 0 spiro atoms. The Hall–Kier alpha value is -0.660. The number of unbranched alkanes of at least 4 members (excludes halogenated alkanes) is 11. The molecule has 0 radical (unpaired) electrons. The molecule has 42 heavy (non-hydrogen) atoms. The van der Waals surface area contributed by atoms with Gasteiger partial charge >= 0.3 is 0 Å². The van der Waals surface area contributed by atoms with Crippen molar-refractivity contribution in [1.82, 2.24) is 0 Å². The minimum atomic E-state index is -0.807. The molecule has 0 aromatic rings. The largest absolute Gasteiger partial charge is 0.394 e. The van der Waals surface area contributed by atoms with E-state index in [1.807, 2.05) is 0 Å². The van der Waals surface area contributed by atoms with Gasteiger partial charge in [0, 0.05) is 0 Å². The molecule has 5 unspecified atom stereocenters. The van der Waals surface area contributed by atoms with Crippen molar-refractivity contribution in [3.05, 3.63) is 12.2 Å². The van der Waals surface area contributed by atoms with Crippen LogP contribution in [0.4, 0.5) is 0 Å². The van der Waals surface area contributed by atoms with Gasteiger partial charge in [0.25, 0.3) is 0 Å². The summed E-state index contributed by atoms with van der Waals surface area (Å²) in [5, 5.41) is 37.7. The van der Waals surface area contributed by atoms with Crippen LogP contribution in [0.1, 0.15) is 96.8 Å². The van der Waals surface area contributed by atoms with E-state index in [0.29, 0.717) is 6.42 Å². The molecule has 0 bridgehead atoms. The van der Waals surface area contributed by atoms with E-state index in [2.05, 4.69) is 19.1 Å². The second-order valence-electron chi connectivity index (χ2n) is 10.9. The van der Waals surface area contributed by atoms with Gasteiger partial charge in [-0.15, -0.1) is 0 Å². The summed E-state index contributed by atoms with van der Waals surface area (Å²) in [6, 6.07) is 0. The van der Waals surface area contributed by atoms with E-state index in [1.54, 1.807) is 0 Å². The lowest BCUT2D eigenvalue weighted by Gasteiger charge is -2.29. The molecule has 0 aliphatic carbocycles. The predicted molar refractivity (Wildman–Crippen MR) is 162 cm³/mol. The van der Waals surface area contributed by atoms with Crippen LogP contribution in [-0.4, -0.2) is 117 Å². The number of aliphatic hydroxyl groups is 4. The highest BCUT2D eigenvalue weighted by molar-refractivity contribution is 4.91. The van der Waals surface area contributed by atoms with Crippen LogP contribution in [0.2, 0.25) is 0 Å². The van der Waals surface area contributed by atoms with E-state index < -0.39 is 30.7 Å². The van der Waals surface area contributed by atoms with Gasteiger partial charge in [0.05, 0.1) is 66.1 Å². The maximum absolute atomic E-state index is 10.1. The van der Waals surface area contributed by atoms with Gasteiger partial charge in [0.15, 0.2) is 6.29 Å². The van der Waals surface area contributed by atoms with Crippen molar-refractivity contribution < 1.29 is 48.8 Å². The molecular formula is C32H62O10. The number of hydrogen-bond donors (Lipinski definition) is 4. The summed E-state index contributed by atoms with van der Waals surface area (Å²) in [6.07, 6.45) is 18.6. The van der Waals surface area contributed by atoms with Crippen LogP contribution in [0.15, 0.2) is 12.2 Å². The molecule has 1 saturated heterocycles. The fourth-order valence-electron chi connectivity index (χ4n) is 5.02. The summed E-state index contributed by atoms with van der Waals surface area (Å²) in [5.74, 6) is 0. The molecule has 1 fully saturated rings. The molecule has 1 heterocycles. The Morgan fingerprint density at radius 2 is 1.33 bits per heavy atom. The van der Waals surface area contributed by atoms with Crippen molar-refractivity contribution in [3.8, 4) is 0 Å². The van der Waals surface area contributed by atoms with E-state index in [4.69, 9.17) is 33.5 Å². The molecule has 10 nitrogen and oxygen atoms in total. The van der Waals surface area contributed by atoms with Crippen molar-refractivity contribution in [3.63, 3.8) is 0 Å². The van der Waals surface area contributed by atoms with Crippen molar-refractivity contribution >= 4 is 0 Å². The van der Waals surface area contributed by atoms with E-state index in [9.17, 15) is 15.3 Å². The second kappa shape index (κ2) is 29.1. The predicted octanol–water partition coefficient (Wildman–Crippen LogP) is 3.91. The molecule has 10 heteroatoms. The van der Waals surface area contributed by atoms with E-state index in [-0.39, 0.29) is 66.1 Å². The van der Waals surface area contributed by atoms with Crippen LogP contribution in [0, 0.1) is 0 Å². The van der Waals surface area contributed by atoms with Gasteiger partial charge in [0.1, 0.15) is 24.4 Å². The van der Waals surface area contributed by atoms with Gasteiger partial charge in [-0.25, -0.2) is 0 Å². The molecular weight excluding hydrogens is 544 g/mol. The molecule has 250 valence electrons. The van der Waals surface area contributed by atoms with E-state index in [0.717, 1.165) is 19.3 Å². The van der Waals surface area contributed by atoms with Gasteiger partial charge in [-0.05, 0) is 38.5 Å². The molecule has 4 N–H and O–H groups in total. The second-order valence-corrected chi connectivity index (χ2v) is 10.9. The molecule has 0 saturated carbocycles. The first-order valence-electron chi connectivity index (χ1n) is 16.5. The van der Waals surface area contributed by atoms with Crippen LogP contribution in [-0.2, 0) is 28.4 Å². The van der Waals surface area contributed by atoms with Gasteiger partial charge in [-0.1, -0.05) is 70.4 Å². The minimum Gasteiger partial charge on any atom is -0.394 e. The monoisotopic (exact) mass is 606 g/mol. The Labute approximate surface area is 254 Å². The number of rotatable bonds is 31. The Morgan fingerprint density at radius 1 is 0.714 bits per heavy atom. The molecule has 5 atom stereocenters. The first-order valence-corrected chi connectivity index (χ1v) is 16.5. The van der Waals surface area contributed by atoms with Crippen LogP contribution < -0.4 is 0 Å². The lowest BCUT2D eigenvalue weighted by Crippen LogP contribution is -2.45. The summed E-state index contributed by atoms with van der Waals surface area (Å²) in [7, 11) is 0. The zero-order chi connectivity index (χ0) is 30.5. The minimum absolute atomic E-state index is 0.105. The van der Waals surface area contributed by atoms with E-state index >= 15 is 0 Å². The summed E-state index contributed by atoms with van der Waals surface area (Å²) in [5.41, 5.74) is 0. The smallest absolute Gasteiger partial charge is 0.154 e. The fourth-order valence-corrected chi connectivity index (χ4v) is 5.02. The highest BCUT2D eigenvalue weighted by Crippen LogP contribution is 2.25. The molecule has 1 rings (SSSR count). The average Bonchev–Trinajstić information content (AvgIpc) is 3.40. The van der Waals surface area contributed by atoms with Gasteiger partial charge in [0.2, 0.25) is 0 Å². The maximum Gasteiger partial charge on any atom is 0.154 e. The van der Waals surface area contributed by atoms with Gasteiger partial charge in [-0.3, -0.25) is 0 Å². The highest BCUT2D eigenvalue weighted by atomic mass is 16.6. The number of ether oxygens (including phenoxy) is 6. The van der Waals surface area contributed by atoms with Crippen LogP contribution in [0.3, 0.4) is 0 Å². The maximum atomic E-state index is 10.1. The topological polar surface area (TPSA) is 136 Å². The summed E-state index contributed by atoms with van der Waals surface area (Å²) >= 11 is 0. The zero-order valence-electron chi connectivity index (χ0n) is 26.3. The van der Waals surface area contributed by atoms with Crippen LogP contribution in [0.25, 0.3) is 0 Å². The van der Waals surface area contributed by atoms with Crippen LogP contribution in [0.5, 0.6) is 0 Å². The summed E-state index contributed by atoms with van der Waals surface area (Å²) in [6.45, 7) is 3.14. The Bertz CT molecular complexity index is 594. The Balaban J connectivity index is 2.12. The Kier molecular flexibility index (Phi) is 27.2. The lowest BCUT2D eigenvalue weighted by atomic mass is 10.1. The number of hydrogen-bond acceptors (Lipinski definition) is 10. The molecule has 0 amide bonds. The van der Waals surface area contributed by atoms with E-state index in [1.165, 1.54) is 64.2 Å². The third-order valence-corrected chi connectivity index (χ3v) is 7.29. The fraction of sp³-hybridized carbons (Fsp3) is 0.938.